The van der Waals surface area contributed by atoms with Gasteiger partial charge >= 0.3 is 0 Å². The molecule has 0 aromatic carbocycles. The molecule has 18 heavy (non-hydrogen) atoms. The molecular formula is C13H18N4S. The van der Waals surface area contributed by atoms with Crippen molar-refractivity contribution >= 4 is 22.8 Å². The van der Waals surface area contributed by atoms with Gasteiger partial charge in [0.2, 0.25) is 0 Å². The summed E-state index contributed by atoms with van der Waals surface area (Å²) in [5.41, 5.74) is 1.00. The van der Waals surface area contributed by atoms with E-state index in [-0.39, 0.29) is 0 Å². The SMILES string of the molecule is CSc1ncc2cnn(C3CCCCCC3)c2n1. The summed E-state index contributed by atoms with van der Waals surface area (Å²) in [5.74, 6) is 0. The van der Waals surface area contributed by atoms with Crippen molar-refractivity contribution < 1.29 is 0 Å². The van der Waals surface area contributed by atoms with E-state index in [1.54, 1.807) is 11.8 Å². The number of fused-ring (bicyclic) bond motifs is 1. The highest BCUT2D eigenvalue weighted by Gasteiger charge is 2.18. The lowest BCUT2D eigenvalue weighted by atomic mass is 10.1. The molecule has 0 saturated heterocycles. The van der Waals surface area contributed by atoms with Crippen molar-refractivity contribution in [2.24, 2.45) is 0 Å². The Hall–Kier alpha value is -1.10. The van der Waals surface area contributed by atoms with Crippen LogP contribution in [0, 0.1) is 0 Å². The summed E-state index contributed by atoms with van der Waals surface area (Å²) in [7, 11) is 0. The second-order valence-corrected chi connectivity index (χ2v) is 5.64. The molecule has 96 valence electrons. The van der Waals surface area contributed by atoms with Gasteiger partial charge < -0.3 is 0 Å². The molecule has 0 amide bonds. The van der Waals surface area contributed by atoms with Crippen molar-refractivity contribution in [2.45, 2.75) is 49.7 Å². The first kappa shape index (κ1) is 12.0. The van der Waals surface area contributed by atoms with Crippen molar-refractivity contribution in [3.05, 3.63) is 12.4 Å². The fraction of sp³-hybridized carbons (Fsp3) is 0.615. The summed E-state index contributed by atoms with van der Waals surface area (Å²) in [6.07, 6.45) is 13.6. The monoisotopic (exact) mass is 262 g/mol. The molecule has 0 atom stereocenters. The van der Waals surface area contributed by atoms with Gasteiger partial charge in [-0.05, 0) is 19.1 Å². The standard InChI is InChI=1S/C13H18N4S/c1-18-13-14-8-10-9-15-17(12(10)16-13)11-6-4-2-3-5-7-11/h8-9,11H,2-7H2,1H3. The summed E-state index contributed by atoms with van der Waals surface area (Å²) in [6.45, 7) is 0. The Balaban J connectivity index is 1.99. The zero-order chi connectivity index (χ0) is 12.4. The number of nitrogens with zero attached hydrogens (tertiary/aromatic N) is 4. The van der Waals surface area contributed by atoms with E-state index < -0.39 is 0 Å². The highest BCUT2D eigenvalue weighted by Crippen LogP contribution is 2.29. The van der Waals surface area contributed by atoms with E-state index in [9.17, 15) is 0 Å². The lowest BCUT2D eigenvalue weighted by molar-refractivity contribution is 0.414. The van der Waals surface area contributed by atoms with Gasteiger partial charge in [0, 0.05) is 6.20 Å². The molecule has 2 heterocycles. The predicted molar refractivity (Wildman–Crippen MR) is 73.8 cm³/mol. The minimum atomic E-state index is 0.523. The smallest absolute Gasteiger partial charge is 0.189 e. The Kier molecular flexibility index (Phi) is 3.50. The predicted octanol–water partition coefficient (Wildman–Crippen LogP) is 3.44. The van der Waals surface area contributed by atoms with Crippen LogP contribution in [0.1, 0.15) is 44.6 Å². The average Bonchev–Trinajstić information content (AvgIpc) is 2.64. The normalized spacial score (nSPS) is 18.1. The first-order chi connectivity index (χ1) is 8.88. The molecule has 2 aromatic heterocycles. The van der Waals surface area contributed by atoms with Crippen LogP contribution in [0.15, 0.2) is 17.6 Å². The molecule has 1 saturated carbocycles. The van der Waals surface area contributed by atoms with Gasteiger partial charge in [-0.15, -0.1) is 0 Å². The lowest BCUT2D eigenvalue weighted by Gasteiger charge is -2.15. The van der Waals surface area contributed by atoms with E-state index in [2.05, 4.69) is 19.7 Å². The first-order valence-electron chi connectivity index (χ1n) is 6.63. The van der Waals surface area contributed by atoms with E-state index >= 15 is 0 Å². The number of hydrogen-bond acceptors (Lipinski definition) is 4. The van der Waals surface area contributed by atoms with Crippen molar-refractivity contribution in [3.63, 3.8) is 0 Å². The van der Waals surface area contributed by atoms with Crippen molar-refractivity contribution in [1.29, 1.82) is 0 Å². The molecule has 1 aliphatic rings. The van der Waals surface area contributed by atoms with Crippen molar-refractivity contribution in [3.8, 4) is 0 Å². The van der Waals surface area contributed by atoms with E-state index in [1.165, 1.54) is 38.5 Å². The van der Waals surface area contributed by atoms with E-state index in [0.29, 0.717) is 6.04 Å². The largest absolute Gasteiger partial charge is 0.244 e. The fourth-order valence-electron chi connectivity index (χ4n) is 2.69. The van der Waals surface area contributed by atoms with E-state index in [4.69, 9.17) is 0 Å². The third-order valence-corrected chi connectivity index (χ3v) is 4.23. The van der Waals surface area contributed by atoms with Gasteiger partial charge in [0.05, 0.1) is 17.6 Å². The maximum absolute atomic E-state index is 4.61. The molecule has 0 bridgehead atoms. The molecule has 0 spiro atoms. The maximum Gasteiger partial charge on any atom is 0.189 e. The molecule has 3 rings (SSSR count). The van der Waals surface area contributed by atoms with Gasteiger partial charge in [-0.3, -0.25) is 0 Å². The van der Waals surface area contributed by atoms with Gasteiger partial charge in [-0.1, -0.05) is 37.4 Å². The second kappa shape index (κ2) is 5.26. The van der Waals surface area contributed by atoms with Crippen molar-refractivity contribution in [1.82, 2.24) is 19.7 Å². The Morgan fingerprint density at radius 2 is 1.94 bits per heavy atom. The van der Waals surface area contributed by atoms with Crippen LogP contribution in [-0.2, 0) is 0 Å². The van der Waals surface area contributed by atoms with Crippen LogP contribution < -0.4 is 0 Å². The summed E-state index contributed by atoms with van der Waals surface area (Å²) in [5, 5.41) is 6.43. The third-order valence-electron chi connectivity index (χ3n) is 3.67. The van der Waals surface area contributed by atoms with Crippen LogP contribution in [-0.4, -0.2) is 26.0 Å². The number of thioether (sulfide) groups is 1. The van der Waals surface area contributed by atoms with Crippen LogP contribution >= 0.6 is 11.8 Å². The Bertz CT molecular complexity index is 529. The minimum absolute atomic E-state index is 0.523. The summed E-state index contributed by atoms with van der Waals surface area (Å²) < 4.78 is 2.13. The van der Waals surface area contributed by atoms with E-state index in [0.717, 1.165) is 16.2 Å². The van der Waals surface area contributed by atoms with Gasteiger partial charge in [-0.25, -0.2) is 14.6 Å². The fourth-order valence-corrected chi connectivity index (χ4v) is 3.02. The van der Waals surface area contributed by atoms with Gasteiger partial charge in [0.1, 0.15) is 0 Å². The molecule has 2 aromatic rings. The average molecular weight is 262 g/mol. The van der Waals surface area contributed by atoms with Gasteiger partial charge in [-0.2, -0.15) is 5.10 Å². The molecule has 1 aliphatic carbocycles. The zero-order valence-electron chi connectivity index (χ0n) is 10.7. The molecule has 0 N–H and O–H groups in total. The van der Waals surface area contributed by atoms with Gasteiger partial charge in [0.15, 0.2) is 10.8 Å². The number of rotatable bonds is 2. The molecule has 0 aliphatic heterocycles. The second-order valence-electron chi connectivity index (χ2n) is 4.87. The van der Waals surface area contributed by atoms with Crippen LogP contribution in [0.5, 0.6) is 0 Å². The van der Waals surface area contributed by atoms with Crippen LogP contribution in [0.3, 0.4) is 0 Å². The number of aromatic nitrogens is 4. The highest BCUT2D eigenvalue weighted by atomic mass is 32.2. The summed E-state index contributed by atoms with van der Waals surface area (Å²) in [6, 6.07) is 0.523. The highest BCUT2D eigenvalue weighted by molar-refractivity contribution is 7.98. The Labute approximate surface area is 111 Å². The van der Waals surface area contributed by atoms with Crippen LogP contribution in [0.4, 0.5) is 0 Å². The van der Waals surface area contributed by atoms with Crippen LogP contribution in [0.2, 0.25) is 0 Å². The molecular weight excluding hydrogens is 244 g/mol. The summed E-state index contributed by atoms with van der Waals surface area (Å²) >= 11 is 1.58. The van der Waals surface area contributed by atoms with Crippen LogP contribution in [0.25, 0.3) is 11.0 Å². The quantitative estimate of drug-likeness (QED) is 0.472. The third kappa shape index (κ3) is 2.23. The van der Waals surface area contributed by atoms with Crippen molar-refractivity contribution in [2.75, 3.05) is 6.26 Å². The van der Waals surface area contributed by atoms with E-state index in [1.807, 2.05) is 18.6 Å². The lowest BCUT2D eigenvalue weighted by Crippen LogP contribution is -2.10. The number of hydrogen-bond donors (Lipinski definition) is 0. The molecule has 4 nitrogen and oxygen atoms in total. The first-order valence-corrected chi connectivity index (χ1v) is 7.85. The minimum Gasteiger partial charge on any atom is -0.244 e. The molecule has 0 radical (unpaired) electrons. The Morgan fingerprint density at radius 3 is 2.67 bits per heavy atom. The van der Waals surface area contributed by atoms with Gasteiger partial charge in [0.25, 0.3) is 0 Å². The topological polar surface area (TPSA) is 43.6 Å². The summed E-state index contributed by atoms with van der Waals surface area (Å²) in [4.78, 5) is 8.91. The maximum atomic E-state index is 4.61. The molecule has 0 unspecified atom stereocenters. The zero-order valence-corrected chi connectivity index (χ0v) is 11.5. The molecule has 1 fully saturated rings. The molecule has 5 heteroatoms. The Morgan fingerprint density at radius 1 is 1.17 bits per heavy atom.